The Kier molecular flexibility index (Phi) is 5.02. The van der Waals surface area contributed by atoms with Gasteiger partial charge in [-0.05, 0) is 35.7 Å². The maximum absolute atomic E-state index is 12.6. The molecule has 26 heavy (non-hydrogen) atoms. The van der Waals surface area contributed by atoms with E-state index in [0.29, 0.717) is 10.6 Å². The molecule has 0 aliphatic heterocycles. The fraction of sp³-hybridized carbons (Fsp3) is 0. The van der Waals surface area contributed by atoms with Crippen molar-refractivity contribution < 1.29 is 13.2 Å². The van der Waals surface area contributed by atoms with Gasteiger partial charge in [-0.1, -0.05) is 30.3 Å². The van der Waals surface area contributed by atoms with Crippen molar-refractivity contribution >= 4 is 38.0 Å². The maximum Gasteiger partial charge on any atom is 0.261 e. The molecule has 3 aromatic rings. The summed E-state index contributed by atoms with van der Waals surface area (Å²) in [5.74, 6) is -0.504. The van der Waals surface area contributed by atoms with Gasteiger partial charge < -0.3 is 5.32 Å². The number of amides is 1. The minimum atomic E-state index is -3.82. The highest BCUT2D eigenvalue weighted by atomic mass is 32.2. The van der Waals surface area contributed by atoms with Crippen LogP contribution >= 0.6 is 11.3 Å². The summed E-state index contributed by atoms with van der Waals surface area (Å²) in [4.78, 5) is 12.7. The molecule has 0 aliphatic rings. The quantitative estimate of drug-likeness (QED) is 0.702. The summed E-state index contributed by atoms with van der Waals surface area (Å²) in [5, 5.41) is 13.8. The highest BCUT2D eigenvalue weighted by Crippen LogP contribution is 2.25. The third-order valence-electron chi connectivity index (χ3n) is 3.48. The Morgan fingerprint density at radius 1 is 1.00 bits per heavy atom. The molecule has 8 heteroatoms. The molecule has 1 amide bonds. The van der Waals surface area contributed by atoms with E-state index in [0.717, 1.165) is 0 Å². The molecule has 2 N–H and O–H groups in total. The van der Waals surface area contributed by atoms with Gasteiger partial charge >= 0.3 is 0 Å². The van der Waals surface area contributed by atoms with Gasteiger partial charge in [0.2, 0.25) is 0 Å². The molecular weight excluding hydrogens is 370 g/mol. The van der Waals surface area contributed by atoms with E-state index in [1.165, 1.54) is 35.6 Å². The lowest BCUT2D eigenvalue weighted by atomic mass is 10.1. The number of hydrogen-bond acceptors (Lipinski definition) is 5. The van der Waals surface area contributed by atoms with Crippen LogP contribution in [0.3, 0.4) is 0 Å². The van der Waals surface area contributed by atoms with Crippen molar-refractivity contribution in [3.63, 3.8) is 0 Å². The fourth-order valence-electron chi connectivity index (χ4n) is 2.24. The summed E-state index contributed by atoms with van der Waals surface area (Å²) < 4.78 is 27.5. The van der Waals surface area contributed by atoms with E-state index in [1.807, 2.05) is 6.07 Å². The van der Waals surface area contributed by atoms with E-state index in [1.54, 1.807) is 41.8 Å². The molecule has 6 nitrogen and oxygen atoms in total. The molecule has 0 radical (unpaired) electrons. The summed E-state index contributed by atoms with van der Waals surface area (Å²) in [5.41, 5.74) is 0.666. The van der Waals surface area contributed by atoms with Crippen LogP contribution in [0.25, 0.3) is 0 Å². The predicted molar refractivity (Wildman–Crippen MR) is 101 cm³/mol. The van der Waals surface area contributed by atoms with Crippen LogP contribution in [0.2, 0.25) is 0 Å². The topological polar surface area (TPSA) is 99.1 Å². The molecule has 0 atom stereocenters. The zero-order chi connectivity index (χ0) is 18.6. The van der Waals surface area contributed by atoms with Crippen molar-refractivity contribution in [2.45, 2.75) is 4.90 Å². The Labute approximate surface area is 154 Å². The summed E-state index contributed by atoms with van der Waals surface area (Å²) in [6, 6.07) is 17.8. The van der Waals surface area contributed by atoms with Gasteiger partial charge in [0, 0.05) is 0 Å². The van der Waals surface area contributed by atoms with Gasteiger partial charge in [-0.3, -0.25) is 9.52 Å². The van der Waals surface area contributed by atoms with Crippen LogP contribution in [0, 0.1) is 11.3 Å². The number of benzene rings is 2. The summed E-state index contributed by atoms with van der Waals surface area (Å²) >= 11 is 1.22. The van der Waals surface area contributed by atoms with Crippen LogP contribution in [0.5, 0.6) is 0 Å². The number of nitrogens with zero attached hydrogens (tertiary/aromatic N) is 1. The van der Waals surface area contributed by atoms with E-state index in [9.17, 15) is 13.2 Å². The number of carbonyl (C=O) groups is 1. The van der Waals surface area contributed by atoms with Crippen LogP contribution in [-0.2, 0) is 10.0 Å². The molecular formula is C18H13N3O3S2. The van der Waals surface area contributed by atoms with Gasteiger partial charge in [0.1, 0.15) is 11.1 Å². The maximum atomic E-state index is 12.6. The van der Waals surface area contributed by atoms with Crippen molar-refractivity contribution in [3.05, 3.63) is 77.2 Å². The second-order valence-corrected chi connectivity index (χ2v) is 7.79. The molecule has 1 heterocycles. The zero-order valence-corrected chi connectivity index (χ0v) is 15.0. The van der Waals surface area contributed by atoms with Crippen LogP contribution in [0.15, 0.2) is 70.9 Å². The van der Waals surface area contributed by atoms with Crippen molar-refractivity contribution in [3.8, 4) is 6.07 Å². The second-order valence-electron chi connectivity index (χ2n) is 5.19. The van der Waals surface area contributed by atoms with E-state index in [-0.39, 0.29) is 16.1 Å². The molecule has 130 valence electrons. The number of thiophene rings is 1. The normalized spacial score (nSPS) is 10.7. The molecule has 0 aliphatic carbocycles. The van der Waals surface area contributed by atoms with Gasteiger partial charge in [-0.25, -0.2) is 8.42 Å². The van der Waals surface area contributed by atoms with Crippen molar-refractivity contribution in [1.82, 2.24) is 0 Å². The van der Waals surface area contributed by atoms with E-state index in [2.05, 4.69) is 10.0 Å². The number of nitriles is 1. The lowest BCUT2D eigenvalue weighted by molar-refractivity contribution is 0.102. The highest BCUT2D eigenvalue weighted by molar-refractivity contribution is 7.92. The number of nitrogens with one attached hydrogen (secondary N) is 2. The molecule has 0 fully saturated rings. The standard InChI is InChI=1S/C18H13N3O3S2/c19-12-13-10-11-25-18(13)20-17(22)15-8-4-5-9-16(15)21-26(23,24)14-6-2-1-3-7-14/h1-11,21H,(H,20,22). The summed E-state index contributed by atoms with van der Waals surface area (Å²) in [6.45, 7) is 0. The third-order valence-corrected chi connectivity index (χ3v) is 5.69. The Morgan fingerprint density at radius 3 is 2.42 bits per heavy atom. The smallest absolute Gasteiger partial charge is 0.261 e. The van der Waals surface area contributed by atoms with Crippen LogP contribution in [-0.4, -0.2) is 14.3 Å². The van der Waals surface area contributed by atoms with Crippen molar-refractivity contribution in [2.24, 2.45) is 0 Å². The monoisotopic (exact) mass is 383 g/mol. The minimum absolute atomic E-state index is 0.0974. The number of rotatable bonds is 5. The van der Waals surface area contributed by atoms with Gasteiger partial charge in [-0.15, -0.1) is 11.3 Å². The molecule has 1 aromatic heterocycles. The molecule has 0 unspecified atom stereocenters. The van der Waals surface area contributed by atoms with Crippen LogP contribution < -0.4 is 10.0 Å². The second kappa shape index (κ2) is 7.39. The number of anilines is 2. The Hall–Kier alpha value is -3.15. The third kappa shape index (κ3) is 3.74. The molecule has 2 aromatic carbocycles. The largest absolute Gasteiger partial charge is 0.312 e. The van der Waals surface area contributed by atoms with Crippen LogP contribution in [0.1, 0.15) is 15.9 Å². The molecule has 0 saturated carbocycles. The van der Waals surface area contributed by atoms with Crippen molar-refractivity contribution in [1.29, 1.82) is 5.26 Å². The first-order chi connectivity index (χ1) is 12.5. The highest BCUT2D eigenvalue weighted by Gasteiger charge is 2.19. The zero-order valence-electron chi connectivity index (χ0n) is 13.3. The van der Waals surface area contributed by atoms with Gasteiger partial charge in [0.15, 0.2) is 0 Å². The number of carbonyl (C=O) groups excluding carboxylic acids is 1. The summed E-state index contributed by atoms with van der Waals surface area (Å²) in [6.07, 6.45) is 0. The Bertz CT molecular complexity index is 1080. The average molecular weight is 383 g/mol. The number of sulfonamides is 1. The molecule has 0 spiro atoms. The molecule has 0 bridgehead atoms. The fourth-order valence-corrected chi connectivity index (χ4v) is 4.07. The van der Waals surface area contributed by atoms with Crippen LogP contribution in [0.4, 0.5) is 10.7 Å². The SMILES string of the molecule is N#Cc1ccsc1NC(=O)c1ccccc1NS(=O)(=O)c1ccccc1. The van der Waals surface area contributed by atoms with Gasteiger partial charge in [0.25, 0.3) is 15.9 Å². The first kappa shape index (κ1) is 17.7. The number of para-hydroxylation sites is 1. The minimum Gasteiger partial charge on any atom is -0.312 e. The van der Waals surface area contributed by atoms with Crippen molar-refractivity contribution in [2.75, 3.05) is 10.0 Å². The molecule has 3 rings (SSSR count). The first-order valence-corrected chi connectivity index (χ1v) is 9.83. The lowest BCUT2D eigenvalue weighted by Crippen LogP contribution is -2.18. The first-order valence-electron chi connectivity index (χ1n) is 7.47. The lowest BCUT2D eigenvalue weighted by Gasteiger charge is -2.12. The van der Waals surface area contributed by atoms with Gasteiger partial charge in [-0.2, -0.15) is 5.26 Å². The average Bonchev–Trinajstić information content (AvgIpc) is 3.09. The van der Waals surface area contributed by atoms with E-state index in [4.69, 9.17) is 5.26 Å². The Morgan fingerprint density at radius 2 is 1.69 bits per heavy atom. The van der Waals surface area contributed by atoms with Gasteiger partial charge in [0.05, 0.1) is 21.7 Å². The van der Waals surface area contributed by atoms with E-state index >= 15 is 0 Å². The predicted octanol–water partition coefficient (Wildman–Crippen LogP) is 3.67. The molecule has 0 saturated heterocycles. The number of hydrogen-bond donors (Lipinski definition) is 2. The summed E-state index contributed by atoms with van der Waals surface area (Å²) in [7, 11) is -3.82. The van der Waals surface area contributed by atoms with E-state index < -0.39 is 15.9 Å². The Balaban J connectivity index is 1.89.